The SMILES string of the molecule is COc1ccc(C2CC(c3cccs3)=NN2C(=O)CSc2nnc(CNC(=O)c3ccco3)n2CCc2ccccc2)cc1. The molecule has 224 valence electrons. The smallest absolute Gasteiger partial charge is 0.287 e. The van der Waals surface area contributed by atoms with E-state index in [1.54, 1.807) is 35.6 Å². The fourth-order valence-electron chi connectivity index (χ4n) is 4.93. The fourth-order valence-corrected chi connectivity index (χ4v) is 6.49. The lowest BCUT2D eigenvalue weighted by molar-refractivity contribution is -0.130. The number of hydrazone groups is 1. The van der Waals surface area contributed by atoms with Gasteiger partial charge in [0.15, 0.2) is 16.7 Å². The van der Waals surface area contributed by atoms with Crippen LogP contribution in [-0.4, -0.2) is 50.2 Å². The number of furan rings is 1. The Balaban J connectivity index is 1.19. The molecule has 4 heterocycles. The van der Waals surface area contributed by atoms with Crippen LogP contribution in [0, 0.1) is 0 Å². The van der Waals surface area contributed by atoms with Gasteiger partial charge in [-0.05, 0) is 53.3 Å². The molecule has 44 heavy (non-hydrogen) atoms. The van der Waals surface area contributed by atoms with Crippen molar-refractivity contribution in [3.05, 3.63) is 118 Å². The van der Waals surface area contributed by atoms with Crippen LogP contribution in [0.2, 0.25) is 0 Å². The van der Waals surface area contributed by atoms with E-state index in [0.29, 0.717) is 23.9 Å². The minimum absolute atomic E-state index is 0.121. The largest absolute Gasteiger partial charge is 0.497 e. The van der Waals surface area contributed by atoms with E-state index < -0.39 is 0 Å². The average Bonchev–Trinajstić information content (AvgIpc) is 3.89. The molecule has 3 aromatic heterocycles. The number of ether oxygens (including phenoxy) is 1. The summed E-state index contributed by atoms with van der Waals surface area (Å²) in [6.07, 6.45) is 2.81. The van der Waals surface area contributed by atoms with Crippen LogP contribution in [0.4, 0.5) is 0 Å². The quantitative estimate of drug-likeness (QED) is 0.180. The van der Waals surface area contributed by atoms with E-state index in [1.807, 2.05) is 64.5 Å². The summed E-state index contributed by atoms with van der Waals surface area (Å²) in [6.45, 7) is 0.744. The lowest BCUT2D eigenvalue weighted by Crippen LogP contribution is -2.28. The zero-order chi connectivity index (χ0) is 30.3. The Hall–Kier alpha value is -4.68. The van der Waals surface area contributed by atoms with Crippen molar-refractivity contribution in [1.29, 1.82) is 0 Å². The molecular weight excluding hydrogens is 597 g/mol. The van der Waals surface area contributed by atoms with Crippen LogP contribution in [0.5, 0.6) is 5.75 Å². The molecule has 2 amide bonds. The molecular formula is C32H30N6O4S2. The van der Waals surface area contributed by atoms with E-state index in [2.05, 4.69) is 27.6 Å². The van der Waals surface area contributed by atoms with Gasteiger partial charge in [0, 0.05) is 13.0 Å². The maximum Gasteiger partial charge on any atom is 0.287 e. The van der Waals surface area contributed by atoms with Gasteiger partial charge in [0.2, 0.25) is 0 Å². The highest BCUT2D eigenvalue weighted by Crippen LogP contribution is 2.35. The lowest BCUT2D eigenvalue weighted by atomic mass is 10.0. The van der Waals surface area contributed by atoms with E-state index in [9.17, 15) is 9.59 Å². The maximum absolute atomic E-state index is 13.7. The number of carbonyl (C=O) groups excluding carboxylic acids is 2. The molecule has 0 radical (unpaired) electrons. The van der Waals surface area contributed by atoms with Crippen molar-refractivity contribution in [2.24, 2.45) is 5.10 Å². The van der Waals surface area contributed by atoms with Gasteiger partial charge in [0.1, 0.15) is 5.75 Å². The van der Waals surface area contributed by atoms with Gasteiger partial charge < -0.3 is 19.0 Å². The molecule has 0 saturated heterocycles. The number of rotatable bonds is 12. The lowest BCUT2D eigenvalue weighted by Gasteiger charge is -2.22. The van der Waals surface area contributed by atoms with Crippen LogP contribution in [0.1, 0.15) is 44.8 Å². The Kier molecular flexibility index (Phi) is 9.18. The molecule has 6 rings (SSSR count). The van der Waals surface area contributed by atoms with Crippen molar-refractivity contribution in [3.8, 4) is 5.75 Å². The predicted molar refractivity (Wildman–Crippen MR) is 169 cm³/mol. The standard InChI is InChI=1S/C32H30N6O4S2/c1-41-24-13-11-23(12-14-24)26-19-25(28-10-6-18-43-28)36-38(26)30(39)21-44-32-35-34-29(20-33-31(40)27-9-5-17-42-27)37(32)16-15-22-7-3-2-4-8-22/h2-14,17-18,26H,15-16,19-21H2,1H3,(H,33,40). The van der Waals surface area contributed by atoms with Gasteiger partial charge in [-0.1, -0.05) is 60.3 Å². The first kappa shape index (κ1) is 29.4. The van der Waals surface area contributed by atoms with E-state index >= 15 is 0 Å². The molecule has 0 spiro atoms. The fraction of sp³-hybridized carbons (Fsp3) is 0.219. The number of hydrogen-bond donors (Lipinski definition) is 1. The number of aromatic nitrogens is 3. The van der Waals surface area contributed by atoms with Crippen LogP contribution in [0.15, 0.2) is 105 Å². The summed E-state index contributed by atoms with van der Waals surface area (Å²) < 4.78 is 12.5. The van der Waals surface area contributed by atoms with Gasteiger partial charge in [-0.3, -0.25) is 9.59 Å². The number of aryl methyl sites for hydroxylation is 1. The summed E-state index contributed by atoms with van der Waals surface area (Å²) in [7, 11) is 1.63. The molecule has 0 fully saturated rings. The molecule has 0 aliphatic carbocycles. The number of hydrogen-bond acceptors (Lipinski definition) is 9. The molecule has 1 atom stereocenters. The second kappa shape index (κ2) is 13.7. The molecule has 1 aliphatic rings. The second-order valence-electron chi connectivity index (χ2n) is 9.99. The number of amides is 2. The molecule has 5 aromatic rings. The van der Waals surface area contributed by atoms with Crippen molar-refractivity contribution >= 4 is 40.6 Å². The molecule has 12 heteroatoms. The van der Waals surface area contributed by atoms with Gasteiger partial charge >= 0.3 is 0 Å². The Bertz CT molecular complexity index is 1720. The Morgan fingerprint density at radius 3 is 2.61 bits per heavy atom. The monoisotopic (exact) mass is 626 g/mol. The minimum Gasteiger partial charge on any atom is -0.497 e. The Labute approximate surface area is 262 Å². The zero-order valence-corrected chi connectivity index (χ0v) is 25.6. The van der Waals surface area contributed by atoms with Crippen LogP contribution in [0.25, 0.3) is 0 Å². The van der Waals surface area contributed by atoms with E-state index in [0.717, 1.165) is 33.9 Å². The molecule has 1 aliphatic heterocycles. The van der Waals surface area contributed by atoms with Crippen molar-refractivity contribution in [3.63, 3.8) is 0 Å². The Morgan fingerprint density at radius 2 is 1.89 bits per heavy atom. The predicted octanol–water partition coefficient (Wildman–Crippen LogP) is 5.58. The zero-order valence-electron chi connectivity index (χ0n) is 24.0. The number of thiophene rings is 1. The van der Waals surface area contributed by atoms with Gasteiger partial charge in [-0.2, -0.15) is 5.10 Å². The van der Waals surface area contributed by atoms with Crippen LogP contribution < -0.4 is 10.1 Å². The number of thioether (sulfide) groups is 1. The van der Waals surface area contributed by atoms with E-state index in [1.165, 1.54) is 18.0 Å². The highest BCUT2D eigenvalue weighted by Gasteiger charge is 2.33. The van der Waals surface area contributed by atoms with E-state index in [-0.39, 0.29) is 35.9 Å². The molecule has 1 N–H and O–H groups in total. The van der Waals surface area contributed by atoms with Crippen molar-refractivity contribution in [2.75, 3.05) is 12.9 Å². The van der Waals surface area contributed by atoms with E-state index in [4.69, 9.17) is 14.3 Å². The van der Waals surface area contributed by atoms with Crippen LogP contribution in [0.3, 0.4) is 0 Å². The van der Waals surface area contributed by atoms with Gasteiger partial charge in [0.05, 0.1) is 42.3 Å². The first-order valence-electron chi connectivity index (χ1n) is 14.1. The highest BCUT2D eigenvalue weighted by atomic mass is 32.2. The maximum atomic E-state index is 13.7. The molecule has 2 aromatic carbocycles. The Morgan fingerprint density at radius 1 is 1.05 bits per heavy atom. The number of methoxy groups -OCH3 is 1. The third kappa shape index (κ3) is 6.76. The third-order valence-electron chi connectivity index (χ3n) is 7.21. The van der Waals surface area contributed by atoms with Gasteiger partial charge in [-0.25, -0.2) is 5.01 Å². The molecule has 0 bridgehead atoms. The minimum atomic E-state index is -0.338. The average molecular weight is 627 g/mol. The number of carbonyl (C=O) groups is 2. The highest BCUT2D eigenvalue weighted by molar-refractivity contribution is 7.99. The number of nitrogens with one attached hydrogen (secondary N) is 1. The first-order valence-corrected chi connectivity index (χ1v) is 15.9. The summed E-state index contributed by atoms with van der Waals surface area (Å²) in [5.41, 5.74) is 3.04. The number of benzene rings is 2. The molecule has 0 saturated carbocycles. The number of nitrogens with zero attached hydrogens (tertiary/aromatic N) is 5. The molecule has 10 nitrogen and oxygen atoms in total. The van der Waals surface area contributed by atoms with Gasteiger partial charge in [0.25, 0.3) is 11.8 Å². The first-order chi connectivity index (χ1) is 21.6. The third-order valence-corrected chi connectivity index (χ3v) is 9.08. The van der Waals surface area contributed by atoms with Crippen molar-refractivity contribution in [1.82, 2.24) is 25.1 Å². The van der Waals surface area contributed by atoms with Crippen molar-refractivity contribution < 1.29 is 18.7 Å². The normalized spacial score (nSPS) is 14.4. The van der Waals surface area contributed by atoms with Crippen LogP contribution in [-0.2, 0) is 24.3 Å². The summed E-state index contributed by atoms with van der Waals surface area (Å²) in [5.74, 6) is 1.22. The summed E-state index contributed by atoms with van der Waals surface area (Å²) in [5, 5.41) is 20.6. The second-order valence-corrected chi connectivity index (χ2v) is 11.9. The van der Waals surface area contributed by atoms with Crippen LogP contribution >= 0.6 is 23.1 Å². The van der Waals surface area contributed by atoms with Crippen molar-refractivity contribution in [2.45, 2.75) is 37.1 Å². The van der Waals surface area contributed by atoms with Gasteiger partial charge in [-0.15, -0.1) is 21.5 Å². The molecule has 1 unspecified atom stereocenters. The summed E-state index contributed by atoms with van der Waals surface area (Å²) >= 11 is 2.92. The topological polar surface area (TPSA) is 115 Å². The summed E-state index contributed by atoms with van der Waals surface area (Å²) in [4.78, 5) is 27.3. The summed E-state index contributed by atoms with van der Waals surface area (Å²) in [6, 6.07) is 24.9.